The molecule has 3 heterocycles. The summed E-state index contributed by atoms with van der Waals surface area (Å²) < 4.78 is 21.5. The molecule has 0 radical (unpaired) electrons. The van der Waals surface area contributed by atoms with Crippen molar-refractivity contribution >= 4 is 28.9 Å². The highest BCUT2D eigenvalue weighted by Gasteiger charge is 2.23. The Bertz CT molecular complexity index is 1170. The van der Waals surface area contributed by atoms with Crippen LogP contribution in [-0.4, -0.2) is 31.7 Å². The van der Waals surface area contributed by atoms with Gasteiger partial charge in [0.25, 0.3) is 5.91 Å². The molecule has 166 valence electrons. The number of nitrogens with zero attached hydrogens (tertiary/aromatic N) is 1. The summed E-state index contributed by atoms with van der Waals surface area (Å²) in [4.78, 5) is 39.6. The number of esters is 1. The fraction of sp³-hybridized carbons (Fsp3) is 0.261. The van der Waals surface area contributed by atoms with Crippen LogP contribution >= 0.6 is 11.3 Å². The SMILES string of the molecule is Cc1cc(=O)oc(C)c1C(=O)OCC(=O)N(Cc1cccs1)c1ccc2c(c1)OCCO2. The number of hydrogen-bond donors (Lipinski definition) is 0. The van der Waals surface area contributed by atoms with Crippen LogP contribution in [0.5, 0.6) is 11.5 Å². The second-order valence-corrected chi connectivity index (χ2v) is 8.18. The van der Waals surface area contributed by atoms with Crippen molar-refractivity contribution in [2.45, 2.75) is 20.4 Å². The Morgan fingerprint density at radius 3 is 2.59 bits per heavy atom. The molecule has 0 saturated heterocycles. The second kappa shape index (κ2) is 9.27. The van der Waals surface area contributed by atoms with Crippen LogP contribution in [0.2, 0.25) is 0 Å². The fourth-order valence-corrected chi connectivity index (χ4v) is 4.11. The van der Waals surface area contributed by atoms with Crippen molar-refractivity contribution in [2.24, 2.45) is 0 Å². The number of thiophene rings is 1. The Morgan fingerprint density at radius 1 is 1.09 bits per heavy atom. The highest BCUT2D eigenvalue weighted by Crippen LogP contribution is 2.34. The van der Waals surface area contributed by atoms with Gasteiger partial charge in [0.2, 0.25) is 0 Å². The molecule has 1 aromatic carbocycles. The molecular formula is C23H21NO7S. The molecule has 32 heavy (non-hydrogen) atoms. The first-order valence-electron chi connectivity index (χ1n) is 9.93. The Morgan fingerprint density at radius 2 is 1.88 bits per heavy atom. The zero-order chi connectivity index (χ0) is 22.7. The van der Waals surface area contributed by atoms with E-state index in [-0.39, 0.29) is 11.3 Å². The molecule has 0 unspecified atom stereocenters. The Hall–Kier alpha value is -3.59. The van der Waals surface area contributed by atoms with Gasteiger partial charge in [-0.2, -0.15) is 0 Å². The first-order chi connectivity index (χ1) is 15.4. The predicted molar refractivity (Wildman–Crippen MR) is 118 cm³/mol. The third kappa shape index (κ3) is 4.67. The Kier molecular flexibility index (Phi) is 6.27. The van der Waals surface area contributed by atoms with E-state index in [0.29, 0.717) is 42.5 Å². The summed E-state index contributed by atoms with van der Waals surface area (Å²) in [6.07, 6.45) is 0. The molecule has 1 aliphatic heterocycles. The molecule has 0 fully saturated rings. The lowest BCUT2D eigenvalue weighted by Gasteiger charge is -2.25. The molecule has 0 aliphatic carbocycles. The van der Waals surface area contributed by atoms with Crippen LogP contribution in [0.1, 0.15) is 26.6 Å². The molecule has 4 rings (SSSR count). The molecule has 0 N–H and O–H groups in total. The normalized spacial score (nSPS) is 12.3. The van der Waals surface area contributed by atoms with Gasteiger partial charge in [0, 0.05) is 22.7 Å². The zero-order valence-corrected chi connectivity index (χ0v) is 18.4. The number of hydrogen-bond acceptors (Lipinski definition) is 8. The smallest absolute Gasteiger partial charge is 0.342 e. The zero-order valence-electron chi connectivity index (χ0n) is 17.6. The molecule has 9 heteroatoms. The van der Waals surface area contributed by atoms with E-state index in [0.717, 1.165) is 4.88 Å². The third-order valence-electron chi connectivity index (χ3n) is 4.90. The largest absolute Gasteiger partial charge is 0.486 e. The third-order valence-corrected chi connectivity index (χ3v) is 5.76. The van der Waals surface area contributed by atoms with Crippen molar-refractivity contribution in [1.82, 2.24) is 0 Å². The topological polar surface area (TPSA) is 95.3 Å². The van der Waals surface area contributed by atoms with Crippen LogP contribution in [0.3, 0.4) is 0 Å². The summed E-state index contributed by atoms with van der Waals surface area (Å²) in [7, 11) is 0. The Labute approximate surface area is 187 Å². The molecule has 1 amide bonds. The number of rotatable bonds is 6. The molecule has 2 aromatic heterocycles. The average molecular weight is 455 g/mol. The maximum absolute atomic E-state index is 13.1. The quantitative estimate of drug-likeness (QED) is 0.525. The van der Waals surface area contributed by atoms with Crippen LogP contribution in [0.25, 0.3) is 0 Å². The molecule has 0 atom stereocenters. The summed E-state index contributed by atoms with van der Waals surface area (Å²) >= 11 is 1.52. The van der Waals surface area contributed by atoms with E-state index in [9.17, 15) is 14.4 Å². The van der Waals surface area contributed by atoms with Crippen molar-refractivity contribution in [3.63, 3.8) is 0 Å². The number of anilines is 1. The minimum absolute atomic E-state index is 0.140. The first kappa shape index (κ1) is 21.6. The summed E-state index contributed by atoms with van der Waals surface area (Å²) in [6.45, 7) is 3.85. The minimum Gasteiger partial charge on any atom is -0.486 e. The van der Waals surface area contributed by atoms with Gasteiger partial charge < -0.3 is 23.5 Å². The van der Waals surface area contributed by atoms with Gasteiger partial charge in [0.15, 0.2) is 18.1 Å². The van der Waals surface area contributed by atoms with Crippen molar-refractivity contribution < 1.29 is 28.2 Å². The molecule has 8 nitrogen and oxygen atoms in total. The standard InChI is InChI=1S/C23H21NO7S/c1-14-10-21(26)31-15(2)22(14)23(27)30-13-20(25)24(12-17-4-3-9-32-17)16-5-6-18-19(11-16)29-8-7-28-18/h3-6,9-11H,7-8,12-13H2,1-2H3. The van der Waals surface area contributed by atoms with Crippen LogP contribution in [-0.2, 0) is 16.1 Å². The summed E-state index contributed by atoms with van der Waals surface area (Å²) in [5, 5.41) is 1.93. The number of amides is 1. The number of benzene rings is 1. The van der Waals surface area contributed by atoms with E-state index in [2.05, 4.69) is 0 Å². The van der Waals surface area contributed by atoms with Gasteiger partial charge in [-0.3, -0.25) is 4.79 Å². The fourth-order valence-electron chi connectivity index (χ4n) is 3.42. The van der Waals surface area contributed by atoms with Crippen molar-refractivity contribution in [1.29, 1.82) is 0 Å². The second-order valence-electron chi connectivity index (χ2n) is 7.14. The van der Waals surface area contributed by atoms with Gasteiger partial charge in [-0.15, -0.1) is 11.3 Å². The summed E-state index contributed by atoms with van der Waals surface area (Å²) in [5.41, 5.74) is 0.620. The number of carbonyl (C=O) groups excluding carboxylic acids is 2. The van der Waals surface area contributed by atoms with E-state index in [1.807, 2.05) is 17.5 Å². The van der Waals surface area contributed by atoms with E-state index in [1.54, 1.807) is 25.1 Å². The highest BCUT2D eigenvalue weighted by atomic mass is 32.1. The van der Waals surface area contributed by atoms with Gasteiger partial charge in [-0.25, -0.2) is 9.59 Å². The van der Waals surface area contributed by atoms with Gasteiger partial charge in [0.05, 0.1) is 6.54 Å². The molecule has 0 spiro atoms. The number of carbonyl (C=O) groups is 2. The maximum atomic E-state index is 13.1. The molecule has 1 aliphatic rings. The average Bonchev–Trinajstić information content (AvgIpc) is 3.28. The van der Waals surface area contributed by atoms with Crippen LogP contribution in [0.4, 0.5) is 5.69 Å². The maximum Gasteiger partial charge on any atom is 0.342 e. The predicted octanol–water partition coefficient (Wildman–Crippen LogP) is 3.48. The molecule has 0 saturated carbocycles. The molecule has 0 bridgehead atoms. The Balaban J connectivity index is 1.54. The van der Waals surface area contributed by atoms with Crippen LogP contribution in [0, 0.1) is 13.8 Å². The minimum atomic E-state index is -0.727. The van der Waals surface area contributed by atoms with Gasteiger partial charge in [-0.1, -0.05) is 6.07 Å². The number of aryl methyl sites for hydroxylation is 2. The number of ether oxygens (including phenoxy) is 3. The first-order valence-corrected chi connectivity index (χ1v) is 10.8. The highest BCUT2D eigenvalue weighted by molar-refractivity contribution is 7.09. The van der Waals surface area contributed by atoms with Crippen LogP contribution in [0.15, 0.2) is 51.0 Å². The van der Waals surface area contributed by atoms with Crippen molar-refractivity contribution in [3.8, 4) is 11.5 Å². The summed E-state index contributed by atoms with van der Waals surface area (Å²) in [6, 6.07) is 10.3. The van der Waals surface area contributed by atoms with Gasteiger partial charge >= 0.3 is 11.6 Å². The monoisotopic (exact) mass is 455 g/mol. The molecule has 3 aromatic rings. The van der Waals surface area contributed by atoms with Gasteiger partial charge in [0.1, 0.15) is 24.5 Å². The van der Waals surface area contributed by atoms with Gasteiger partial charge in [-0.05, 0) is 43.0 Å². The lowest BCUT2D eigenvalue weighted by molar-refractivity contribution is -0.121. The molecular weight excluding hydrogens is 434 g/mol. The van der Waals surface area contributed by atoms with Crippen LogP contribution < -0.4 is 20.0 Å². The lowest BCUT2D eigenvalue weighted by atomic mass is 10.1. The van der Waals surface area contributed by atoms with E-state index < -0.39 is 24.1 Å². The number of fused-ring (bicyclic) bond motifs is 1. The van der Waals surface area contributed by atoms with E-state index >= 15 is 0 Å². The van der Waals surface area contributed by atoms with E-state index in [4.69, 9.17) is 18.6 Å². The van der Waals surface area contributed by atoms with Crippen molar-refractivity contribution in [2.75, 3.05) is 24.7 Å². The lowest BCUT2D eigenvalue weighted by Crippen LogP contribution is -2.34. The summed E-state index contributed by atoms with van der Waals surface area (Å²) in [5.74, 6) is 0.188. The van der Waals surface area contributed by atoms with Crippen molar-refractivity contribution in [3.05, 3.63) is 74.0 Å². The van der Waals surface area contributed by atoms with E-state index in [1.165, 1.54) is 29.2 Å².